The third-order valence-electron chi connectivity index (χ3n) is 7.49. The van der Waals surface area contributed by atoms with Gasteiger partial charge in [-0.1, -0.05) is 52.1 Å². The molecular weight excluding hydrogens is 573 g/mol. The van der Waals surface area contributed by atoms with E-state index in [-0.39, 0.29) is 18.1 Å². The lowest BCUT2D eigenvalue weighted by Crippen LogP contribution is -2.16. The van der Waals surface area contributed by atoms with E-state index in [1.54, 1.807) is 42.6 Å². The molecule has 0 radical (unpaired) electrons. The van der Waals surface area contributed by atoms with E-state index in [0.29, 0.717) is 50.1 Å². The average Bonchev–Trinajstić information content (AvgIpc) is 3.89. The van der Waals surface area contributed by atoms with Gasteiger partial charge < -0.3 is 14.0 Å². The topological polar surface area (TPSA) is 98.2 Å². The van der Waals surface area contributed by atoms with Crippen molar-refractivity contribution in [2.45, 2.75) is 43.1 Å². The van der Waals surface area contributed by atoms with Gasteiger partial charge in [-0.05, 0) is 61.2 Å². The largest absolute Gasteiger partial charge is 0.489 e. The van der Waals surface area contributed by atoms with Crippen molar-refractivity contribution in [2.75, 3.05) is 7.11 Å². The van der Waals surface area contributed by atoms with Crippen molar-refractivity contribution in [3.8, 4) is 23.1 Å². The highest BCUT2D eigenvalue weighted by Crippen LogP contribution is 2.61. The summed E-state index contributed by atoms with van der Waals surface area (Å²) in [7, 11) is 1.30. The van der Waals surface area contributed by atoms with Crippen molar-refractivity contribution in [3.63, 3.8) is 0 Å². The highest BCUT2D eigenvalue weighted by molar-refractivity contribution is 6.39. The Morgan fingerprint density at radius 2 is 1.90 bits per heavy atom. The van der Waals surface area contributed by atoms with E-state index in [1.807, 2.05) is 12.1 Å². The number of hydrogen-bond donors (Lipinski definition) is 0. The molecular formula is C30H22Cl3N3O4. The van der Waals surface area contributed by atoms with E-state index < -0.39 is 11.4 Å². The molecule has 2 heterocycles. The maximum atomic E-state index is 12.3. The zero-order chi connectivity index (χ0) is 28.0. The summed E-state index contributed by atoms with van der Waals surface area (Å²) in [6.07, 6.45) is 4.10. The molecule has 2 aliphatic carbocycles. The van der Waals surface area contributed by atoms with E-state index >= 15 is 0 Å². The molecule has 40 heavy (non-hydrogen) atoms. The van der Waals surface area contributed by atoms with E-state index in [0.717, 1.165) is 29.7 Å². The van der Waals surface area contributed by atoms with Crippen molar-refractivity contribution in [3.05, 3.63) is 97.9 Å². The number of aromatic nitrogens is 2. The zero-order valence-corrected chi connectivity index (χ0v) is 23.6. The number of esters is 1. The maximum absolute atomic E-state index is 12.3. The quantitative estimate of drug-likeness (QED) is 0.191. The third-order valence-corrected chi connectivity index (χ3v) is 8.45. The van der Waals surface area contributed by atoms with Gasteiger partial charge in [0.2, 0.25) is 0 Å². The first-order valence-electron chi connectivity index (χ1n) is 12.7. The third kappa shape index (κ3) is 4.60. The molecule has 2 saturated carbocycles. The first-order chi connectivity index (χ1) is 19.4. The molecule has 2 unspecified atom stereocenters. The van der Waals surface area contributed by atoms with E-state index in [1.165, 1.54) is 7.11 Å². The van der Waals surface area contributed by atoms with Crippen LogP contribution in [0.5, 0.6) is 5.75 Å². The highest BCUT2D eigenvalue weighted by atomic mass is 35.5. The lowest BCUT2D eigenvalue weighted by molar-refractivity contribution is 0.0598. The molecule has 0 amide bonds. The van der Waals surface area contributed by atoms with Crippen molar-refractivity contribution in [2.24, 2.45) is 0 Å². The van der Waals surface area contributed by atoms with Gasteiger partial charge in [-0.2, -0.15) is 5.26 Å². The molecule has 2 atom stereocenters. The SMILES string of the molecule is COC(=O)c1cccnc1C1(C#N)CC1c1ccc(OCc2c(-c3c(Cl)cccc3Cl)noc2C2CC2)cc1Cl. The molecule has 0 bridgehead atoms. The Kier molecular flexibility index (Phi) is 6.95. The van der Waals surface area contributed by atoms with Crippen molar-refractivity contribution in [1.82, 2.24) is 10.1 Å². The van der Waals surface area contributed by atoms with Crippen LogP contribution in [0.2, 0.25) is 15.1 Å². The number of hydrogen-bond acceptors (Lipinski definition) is 7. The van der Waals surface area contributed by atoms with Gasteiger partial charge in [-0.3, -0.25) is 4.98 Å². The number of carbonyl (C=O) groups is 1. The number of nitriles is 1. The fourth-order valence-electron chi connectivity index (χ4n) is 5.20. The minimum absolute atomic E-state index is 0.184. The second-order valence-electron chi connectivity index (χ2n) is 9.95. The van der Waals surface area contributed by atoms with Crippen LogP contribution in [0.15, 0.2) is 59.3 Å². The smallest absolute Gasteiger partial charge is 0.339 e. The average molecular weight is 595 g/mol. The second-order valence-corrected chi connectivity index (χ2v) is 11.2. The first kappa shape index (κ1) is 26.6. The van der Waals surface area contributed by atoms with Crippen molar-refractivity contribution >= 4 is 40.8 Å². The molecule has 0 aliphatic heterocycles. The van der Waals surface area contributed by atoms with Crippen LogP contribution in [0.25, 0.3) is 11.3 Å². The zero-order valence-electron chi connectivity index (χ0n) is 21.3. The molecule has 0 spiro atoms. The van der Waals surface area contributed by atoms with Gasteiger partial charge in [0.15, 0.2) is 0 Å². The second kappa shape index (κ2) is 10.4. The van der Waals surface area contributed by atoms with Crippen LogP contribution in [0.1, 0.15) is 64.0 Å². The molecule has 2 aromatic heterocycles. The van der Waals surface area contributed by atoms with Gasteiger partial charge in [0.05, 0.1) is 40.0 Å². The number of halogens is 3. The summed E-state index contributed by atoms with van der Waals surface area (Å²) < 4.78 is 16.8. The predicted octanol–water partition coefficient (Wildman–Crippen LogP) is 7.89. The van der Waals surface area contributed by atoms with Gasteiger partial charge in [0, 0.05) is 28.6 Å². The summed E-state index contributed by atoms with van der Waals surface area (Å²) in [5.74, 6) is 0.856. The summed E-state index contributed by atoms with van der Waals surface area (Å²) in [4.78, 5) is 16.7. The molecule has 202 valence electrons. The monoisotopic (exact) mass is 593 g/mol. The Labute approximate surface area is 245 Å². The molecule has 0 saturated heterocycles. The molecule has 0 N–H and O–H groups in total. The van der Waals surface area contributed by atoms with Gasteiger partial charge in [-0.15, -0.1) is 0 Å². The van der Waals surface area contributed by atoms with E-state index in [4.69, 9.17) is 48.8 Å². The number of ether oxygens (including phenoxy) is 2. The van der Waals surface area contributed by atoms with Crippen LogP contribution >= 0.6 is 34.8 Å². The Bertz CT molecular complexity index is 1660. The van der Waals surface area contributed by atoms with Crippen LogP contribution in [-0.4, -0.2) is 23.2 Å². The van der Waals surface area contributed by atoms with Gasteiger partial charge in [-0.25, -0.2) is 4.79 Å². The minimum Gasteiger partial charge on any atom is -0.489 e. The van der Waals surface area contributed by atoms with Gasteiger partial charge >= 0.3 is 5.97 Å². The van der Waals surface area contributed by atoms with Gasteiger partial charge in [0.25, 0.3) is 0 Å². The number of benzene rings is 2. The highest BCUT2D eigenvalue weighted by Gasteiger charge is 2.60. The van der Waals surface area contributed by atoms with Crippen LogP contribution in [0.3, 0.4) is 0 Å². The number of nitrogens with zero attached hydrogens (tertiary/aromatic N) is 3. The number of methoxy groups -OCH3 is 1. The molecule has 4 aromatic rings. The normalized spacial score (nSPS) is 19.6. The molecule has 6 rings (SSSR count). The van der Waals surface area contributed by atoms with Crippen LogP contribution in [0.4, 0.5) is 0 Å². The predicted molar refractivity (Wildman–Crippen MR) is 150 cm³/mol. The number of pyridine rings is 1. The first-order valence-corrected chi connectivity index (χ1v) is 13.8. The standard InChI is InChI=1S/C30H22Cl3N3O4/c1-38-29(37)19-4-3-11-35-28(19)30(15-34)13-21(30)18-10-9-17(12-24(18)33)39-14-20-26(36-40-27(20)16-7-8-16)25-22(31)5-2-6-23(25)32/h2-6,9-12,16,21H,7-8,13-14H2,1H3. The van der Waals surface area contributed by atoms with E-state index in [2.05, 4.69) is 16.2 Å². The number of rotatable bonds is 8. The molecule has 7 nitrogen and oxygen atoms in total. The van der Waals surface area contributed by atoms with Crippen LogP contribution in [-0.2, 0) is 16.8 Å². The Morgan fingerprint density at radius 3 is 2.58 bits per heavy atom. The number of carbonyl (C=O) groups excluding carboxylic acids is 1. The van der Waals surface area contributed by atoms with Crippen molar-refractivity contribution in [1.29, 1.82) is 5.26 Å². The maximum Gasteiger partial charge on any atom is 0.339 e. The van der Waals surface area contributed by atoms with Crippen LogP contribution in [0, 0.1) is 11.3 Å². The van der Waals surface area contributed by atoms with E-state index in [9.17, 15) is 10.1 Å². The summed E-state index contributed by atoms with van der Waals surface area (Å²) in [6.45, 7) is 0.184. The van der Waals surface area contributed by atoms with Crippen molar-refractivity contribution < 1.29 is 18.8 Å². The molecule has 2 aromatic carbocycles. The van der Waals surface area contributed by atoms with Gasteiger partial charge in [0.1, 0.15) is 29.2 Å². The van der Waals surface area contributed by atoms with Crippen LogP contribution < -0.4 is 4.74 Å². The summed E-state index contributed by atoms with van der Waals surface area (Å²) in [5, 5.41) is 15.9. The molecule has 2 fully saturated rings. The fraction of sp³-hybridized carbons (Fsp3) is 0.267. The summed E-state index contributed by atoms with van der Waals surface area (Å²) >= 11 is 19.7. The Hall–Kier alpha value is -3.57. The minimum atomic E-state index is -0.971. The summed E-state index contributed by atoms with van der Waals surface area (Å²) in [6, 6.07) is 16.3. The molecule has 2 aliphatic rings. The fourth-order valence-corrected chi connectivity index (χ4v) is 6.07. The Morgan fingerprint density at radius 1 is 1.12 bits per heavy atom. The lowest BCUT2D eigenvalue weighted by atomic mass is 9.93. The summed E-state index contributed by atoms with van der Waals surface area (Å²) in [5.41, 5.74) is 2.46. The Balaban J connectivity index is 1.26. The molecule has 10 heteroatoms. The lowest BCUT2D eigenvalue weighted by Gasteiger charge is -2.14.